The van der Waals surface area contributed by atoms with Gasteiger partial charge in [0.05, 0.1) is 5.69 Å². The van der Waals surface area contributed by atoms with Crippen LogP contribution in [0.2, 0.25) is 5.15 Å². The molecule has 0 radical (unpaired) electrons. The van der Waals surface area contributed by atoms with Gasteiger partial charge in [0.2, 0.25) is 0 Å². The minimum absolute atomic E-state index is 0.496. The average Bonchev–Trinajstić information content (AvgIpc) is 2.27. The van der Waals surface area contributed by atoms with Crippen LogP contribution in [0.15, 0.2) is 5.57 Å². The molecular weight excluding hydrogens is 288 g/mol. The lowest BCUT2D eigenvalue weighted by atomic mass is 9.88. The van der Waals surface area contributed by atoms with Gasteiger partial charge in [0.25, 0.3) is 0 Å². The predicted molar refractivity (Wildman–Crippen MR) is 70.8 cm³/mol. The fourth-order valence-electron chi connectivity index (χ4n) is 1.88. The zero-order chi connectivity index (χ0) is 11.9. The van der Waals surface area contributed by atoms with Crippen molar-refractivity contribution in [3.05, 3.63) is 27.8 Å². The lowest BCUT2D eigenvalue weighted by Crippen LogP contribution is -2.14. The Labute approximate surface area is 109 Å². The highest BCUT2D eigenvalue weighted by Gasteiger charge is 2.24. The molecule has 0 saturated heterocycles. The van der Waals surface area contributed by atoms with Crippen LogP contribution >= 0.6 is 27.5 Å². The van der Waals surface area contributed by atoms with Crippen LogP contribution in [0.25, 0.3) is 4.48 Å². The van der Waals surface area contributed by atoms with Crippen LogP contribution in [0, 0.1) is 5.92 Å². The Bertz CT molecular complexity index is 468. The lowest BCUT2D eigenvalue weighted by Gasteiger charge is -2.23. The lowest BCUT2D eigenvalue weighted by molar-refractivity contribution is 0.661. The molecule has 0 spiro atoms. The molecule has 1 aliphatic rings. The van der Waals surface area contributed by atoms with Gasteiger partial charge in [0.15, 0.2) is 0 Å². The summed E-state index contributed by atoms with van der Waals surface area (Å²) in [5, 5.41) is 0.609. The summed E-state index contributed by atoms with van der Waals surface area (Å²) in [6.07, 6.45) is 1.74. The molecule has 0 bridgehead atoms. The van der Waals surface area contributed by atoms with Gasteiger partial charge in [0, 0.05) is 16.5 Å². The van der Waals surface area contributed by atoms with E-state index in [1.165, 1.54) is 5.57 Å². The van der Waals surface area contributed by atoms with Crippen molar-refractivity contribution in [1.82, 2.24) is 9.97 Å². The molecule has 0 aliphatic heterocycles. The number of fused-ring (bicyclic) bond motifs is 1. The van der Waals surface area contributed by atoms with Gasteiger partial charge in [-0.2, -0.15) is 0 Å². The minimum atomic E-state index is 0.496. The molecule has 1 aliphatic carbocycles. The Morgan fingerprint density at radius 1 is 1.44 bits per heavy atom. The fourth-order valence-corrected chi connectivity index (χ4v) is 2.87. The second kappa shape index (κ2) is 4.46. The second-order valence-corrected chi connectivity index (χ2v) is 5.36. The molecular formula is C12H14BrClN2. The van der Waals surface area contributed by atoms with Crippen molar-refractivity contribution in [2.45, 2.75) is 33.6 Å². The number of allylic oxidation sites excluding steroid dienone is 1. The van der Waals surface area contributed by atoms with Crippen molar-refractivity contribution in [3.63, 3.8) is 0 Å². The van der Waals surface area contributed by atoms with Crippen LogP contribution in [0.5, 0.6) is 0 Å². The van der Waals surface area contributed by atoms with Gasteiger partial charge in [0.1, 0.15) is 11.0 Å². The topological polar surface area (TPSA) is 25.8 Å². The molecule has 1 aromatic rings. The third-order valence-corrected chi connectivity index (χ3v) is 4.44. The highest BCUT2D eigenvalue weighted by Crippen LogP contribution is 2.39. The first-order valence-corrected chi connectivity index (χ1v) is 6.63. The normalized spacial score (nSPS) is 19.9. The van der Waals surface area contributed by atoms with Gasteiger partial charge in [-0.1, -0.05) is 31.0 Å². The maximum Gasteiger partial charge on any atom is 0.136 e. The fraction of sp³-hybridized carbons (Fsp3) is 0.500. The molecule has 0 N–H and O–H groups in total. The highest BCUT2D eigenvalue weighted by molar-refractivity contribution is 9.15. The van der Waals surface area contributed by atoms with E-state index < -0.39 is 0 Å². The van der Waals surface area contributed by atoms with Crippen molar-refractivity contribution in [1.29, 1.82) is 0 Å². The standard InChI is InChI=1S/C12H14BrClN2/c1-4-9-15-11-8(12(14)16-9)5-6(2)7(3)10(11)13/h6H,4-5H2,1-3H3. The summed E-state index contributed by atoms with van der Waals surface area (Å²) < 4.78 is 1.08. The Hall–Kier alpha value is -0.410. The zero-order valence-corrected chi connectivity index (χ0v) is 12.0. The summed E-state index contributed by atoms with van der Waals surface area (Å²) in [4.78, 5) is 8.87. The number of halogens is 2. The molecule has 0 aromatic carbocycles. The zero-order valence-electron chi connectivity index (χ0n) is 9.64. The summed E-state index contributed by atoms with van der Waals surface area (Å²) in [6, 6.07) is 0. The molecule has 1 unspecified atom stereocenters. The molecule has 2 rings (SSSR count). The summed E-state index contributed by atoms with van der Waals surface area (Å²) in [7, 11) is 0. The maximum atomic E-state index is 6.21. The summed E-state index contributed by atoms with van der Waals surface area (Å²) in [6.45, 7) is 6.37. The largest absolute Gasteiger partial charge is 0.232 e. The van der Waals surface area contributed by atoms with Gasteiger partial charge < -0.3 is 0 Å². The monoisotopic (exact) mass is 300 g/mol. The van der Waals surface area contributed by atoms with Crippen molar-refractivity contribution in [3.8, 4) is 0 Å². The molecule has 2 nitrogen and oxygen atoms in total. The number of rotatable bonds is 1. The van der Waals surface area contributed by atoms with Crippen LogP contribution in [0.4, 0.5) is 0 Å². The molecule has 0 fully saturated rings. The van der Waals surface area contributed by atoms with Crippen molar-refractivity contribution < 1.29 is 0 Å². The first-order chi connectivity index (χ1) is 7.54. The molecule has 4 heteroatoms. The summed E-state index contributed by atoms with van der Waals surface area (Å²) in [5.41, 5.74) is 3.39. The third-order valence-electron chi connectivity index (χ3n) is 3.12. The van der Waals surface area contributed by atoms with E-state index in [2.05, 4.69) is 39.7 Å². The molecule has 16 heavy (non-hydrogen) atoms. The van der Waals surface area contributed by atoms with E-state index in [0.717, 1.165) is 34.4 Å². The summed E-state index contributed by atoms with van der Waals surface area (Å²) in [5.74, 6) is 1.30. The van der Waals surface area contributed by atoms with Gasteiger partial charge >= 0.3 is 0 Å². The Morgan fingerprint density at radius 3 is 2.75 bits per heavy atom. The molecule has 86 valence electrons. The van der Waals surface area contributed by atoms with E-state index >= 15 is 0 Å². The van der Waals surface area contributed by atoms with E-state index in [-0.39, 0.29) is 0 Å². The van der Waals surface area contributed by atoms with Gasteiger partial charge in [-0.05, 0) is 35.2 Å². The Kier molecular flexibility index (Phi) is 3.36. The number of hydrogen-bond acceptors (Lipinski definition) is 2. The Balaban J connectivity index is 2.64. The van der Waals surface area contributed by atoms with Gasteiger partial charge in [-0.25, -0.2) is 9.97 Å². The predicted octanol–water partition coefficient (Wildman–Crippen LogP) is 4.01. The van der Waals surface area contributed by atoms with Gasteiger partial charge in [-0.15, -0.1) is 0 Å². The first kappa shape index (κ1) is 12.1. The molecule has 0 amide bonds. The van der Waals surface area contributed by atoms with Crippen LogP contribution in [-0.2, 0) is 12.8 Å². The molecule has 1 heterocycles. The van der Waals surface area contributed by atoms with E-state index in [9.17, 15) is 0 Å². The van der Waals surface area contributed by atoms with E-state index in [1.54, 1.807) is 0 Å². The van der Waals surface area contributed by atoms with Crippen molar-refractivity contribution in [2.24, 2.45) is 5.92 Å². The minimum Gasteiger partial charge on any atom is -0.232 e. The first-order valence-electron chi connectivity index (χ1n) is 5.46. The second-order valence-electron chi connectivity index (χ2n) is 4.21. The van der Waals surface area contributed by atoms with Crippen molar-refractivity contribution in [2.75, 3.05) is 0 Å². The van der Waals surface area contributed by atoms with E-state index in [1.807, 2.05) is 6.92 Å². The van der Waals surface area contributed by atoms with E-state index in [0.29, 0.717) is 11.1 Å². The number of hydrogen-bond donors (Lipinski definition) is 0. The highest BCUT2D eigenvalue weighted by atomic mass is 79.9. The van der Waals surface area contributed by atoms with Crippen LogP contribution in [0.1, 0.15) is 37.9 Å². The molecule has 1 atom stereocenters. The van der Waals surface area contributed by atoms with Gasteiger partial charge in [-0.3, -0.25) is 0 Å². The van der Waals surface area contributed by atoms with E-state index in [4.69, 9.17) is 11.6 Å². The average molecular weight is 302 g/mol. The molecule has 0 saturated carbocycles. The summed E-state index contributed by atoms with van der Waals surface area (Å²) >= 11 is 9.83. The van der Waals surface area contributed by atoms with Crippen LogP contribution < -0.4 is 0 Å². The number of aromatic nitrogens is 2. The number of nitrogens with zero attached hydrogens (tertiary/aromatic N) is 2. The van der Waals surface area contributed by atoms with Crippen LogP contribution in [0.3, 0.4) is 0 Å². The number of aryl methyl sites for hydroxylation is 1. The SMILES string of the molecule is CCc1nc(Cl)c2c(n1)C(Br)=C(C)C(C)C2. The Morgan fingerprint density at radius 2 is 2.12 bits per heavy atom. The molecule has 1 aromatic heterocycles. The third kappa shape index (κ3) is 1.91. The quantitative estimate of drug-likeness (QED) is 0.732. The van der Waals surface area contributed by atoms with Crippen molar-refractivity contribution >= 4 is 32.0 Å². The smallest absolute Gasteiger partial charge is 0.136 e. The maximum absolute atomic E-state index is 6.21. The van der Waals surface area contributed by atoms with Crippen LogP contribution in [-0.4, -0.2) is 9.97 Å².